The molecule has 0 aliphatic rings. The molecule has 2 rings (SSSR count). The zero-order valence-electron chi connectivity index (χ0n) is 12.1. The van der Waals surface area contributed by atoms with Crippen LogP contribution in [0.1, 0.15) is 5.56 Å². The molecule has 0 radical (unpaired) electrons. The van der Waals surface area contributed by atoms with Gasteiger partial charge in [0.2, 0.25) is 0 Å². The van der Waals surface area contributed by atoms with Crippen molar-refractivity contribution in [3.8, 4) is 17.6 Å². The van der Waals surface area contributed by atoms with Gasteiger partial charge >= 0.3 is 0 Å². The highest BCUT2D eigenvalue weighted by Gasteiger charge is 2.00. The highest BCUT2D eigenvalue weighted by Crippen LogP contribution is 2.13. The summed E-state index contributed by atoms with van der Waals surface area (Å²) < 4.78 is 5.72. The lowest BCUT2D eigenvalue weighted by Crippen LogP contribution is -2.23. The van der Waals surface area contributed by atoms with Crippen LogP contribution in [-0.4, -0.2) is 31.9 Å². The number of hydrogen-bond donors (Lipinski definition) is 1. The largest absolute Gasteiger partial charge is 0.492 e. The second-order valence-electron chi connectivity index (χ2n) is 4.59. The van der Waals surface area contributed by atoms with Gasteiger partial charge in [-0.1, -0.05) is 30.0 Å². The molecule has 1 N–H and O–H groups in total. The van der Waals surface area contributed by atoms with E-state index in [1.807, 2.05) is 49.5 Å². The van der Waals surface area contributed by atoms with Gasteiger partial charge in [-0.05, 0) is 36.4 Å². The molecule has 3 nitrogen and oxygen atoms in total. The Hall–Kier alpha value is -2.44. The van der Waals surface area contributed by atoms with Gasteiger partial charge in [-0.2, -0.15) is 0 Å². The third kappa shape index (κ3) is 4.87. The SMILES string of the molecule is CN(CCOc1ccc(C#CCO)cc1)c1ccccc1. The van der Waals surface area contributed by atoms with Crippen LogP contribution in [0.4, 0.5) is 5.69 Å². The minimum Gasteiger partial charge on any atom is -0.492 e. The van der Waals surface area contributed by atoms with Crippen LogP contribution in [0, 0.1) is 11.8 Å². The number of ether oxygens (including phenoxy) is 1. The number of hydrogen-bond acceptors (Lipinski definition) is 3. The summed E-state index contributed by atoms with van der Waals surface area (Å²) >= 11 is 0. The monoisotopic (exact) mass is 281 g/mol. The average Bonchev–Trinajstić information content (AvgIpc) is 2.55. The first-order valence-corrected chi connectivity index (χ1v) is 6.88. The number of aliphatic hydroxyl groups excluding tert-OH is 1. The zero-order valence-corrected chi connectivity index (χ0v) is 12.1. The molecule has 2 aromatic rings. The summed E-state index contributed by atoms with van der Waals surface area (Å²) in [6.45, 7) is 1.31. The van der Waals surface area contributed by atoms with E-state index < -0.39 is 0 Å². The molecule has 0 amide bonds. The fraction of sp³-hybridized carbons (Fsp3) is 0.222. The topological polar surface area (TPSA) is 32.7 Å². The summed E-state index contributed by atoms with van der Waals surface area (Å²) in [6, 6.07) is 17.8. The molecule has 2 aromatic carbocycles. The van der Waals surface area contributed by atoms with Gasteiger partial charge in [-0.25, -0.2) is 0 Å². The number of benzene rings is 2. The number of para-hydroxylation sites is 1. The van der Waals surface area contributed by atoms with E-state index in [4.69, 9.17) is 9.84 Å². The van der Waals surface area contributed by atoms with Crippen molar-refractivity contribution in [2.75, 3.05) is 31.7 Å². The van der Waals surface area contributed by atoms with Crippen molar-refractivity contribution < 1.29 is 9.84 Å². The first-order chi connectivity index (χ1) is 10.3. The van der Waals surface area contributed by atoms with Crippen LogP contribution in [0.5, 0.6) is 5.75 Å². The van der Waals surface area contributed by atoms with E-state index in [0.717, 1.165) is 17.9 Å². The standard InChI is InChI=1S/C18H19NO2/c1-19(17-7-3-2-4-8-17)13-15-21-18-11-9-16(10-12-18)6-5-14-20/h2-4,7-12,20H,13-15H2,1H3. The van der Waals surface area contributed by atoms with Gasteiger partial charge in [-0.3, -0.25) is 0 Å². The molecule has 0 saturated heterocycles. The van der Waals surface area contributed by atoms with Gasteiger partial charge < -0.3 is 14.7 Å². The molecular weight excluding hydrogens is 262 g/mol. The van der Waals surface area contributed by atoms with Crippen LogP contribution in [0.15, 0.2) is 54.6 Å². The molecule has 0 atom stereocenters. The normalized spacial score (nSPS) is 9.62. The quantitative estimate of drug-likeness (QED) is 0.855. The van der Waals surface area contributed by atoms with E-state index in [0.29, 0.717) is 6.61 Å². The Bertz CT molecular complexity index is 597. The summed E-state index contributed by atoms with van der Waals surface area (Å²) in [6.07, 6.45) is 0. The lowest BCUT2D eigenvalue weighted by atomic mass is 10.2. The van der Waals surface area contributed by atoms with Crippen molar-refractivity contribution in [1.29, 1.82) is 0 Å². The number of nitrogens with zero attached hydrogens (tertiary/aromatic N) is 1. The maximum absolute atomic E-state index is 8.64. The molecular formula is C18H19NO2. The van der Waals surface area contributed by atoms with Crippen molar-refractivity contribution in [3.63, 3.8) is 0 Å². The number of likely N-dealkylation sites (N-methyl/N-ethyl adjacent to an activating group) is 1. The molecule has 0 saturated carbocycles. The Morgan fingerprint density at radius 1 is 1.05 bits per heavy atom. The van der Waals surface area contributed by atoms with Crippen LogP contribution in [0.3, 0.4) is 0 Å². The lowest BCUT2D eigenvalue weighted by molar-refractivity contribution is 0.326. The first kappa shape index (κ1) is 15.0. The number of aliphatic hydroxyl groups is 1. The van der Waals surface area contributed by atoms with Crippen molar-refractivity contribution in [3.05, 3.63) is 60.2 Å². The average molecular weight is 281 g/mol. The van der Waals surface area contributed by atoms with E-state index in [-0.39, 0.29) is 6.61 Å². The maximum atomic E-state index is 8.64. The molecule has 21 heavy (non-hydrogen) atoms. The third-order valence-corrected chi connectivity index (χ3v) is 3.06. The summed E-state index contributed by atoms with van der Waals surface area (Å²) in [4.78, 5) is 2.15. The van der Waals surface area contributed by atoms with Crippen molar-refractivity contribution >= 4 is 5.69 Å². The van der Waals surface area contributed by atoms with E-state index in [1.54, 1.807) is 0 Å². The van der Waals surface area contributed by atoms with Gasteiger partial charge in [0.15, 0.2) is 0 Å². The Kier molecular flexibility index (Phi) is 5.69. The maximum Gasteiger partial charge on any atom is 0.119 e. The molecule has 3 heteroatoms. The predicted molar refractivity (Wildman–Crippen MR) is 85.6 cm³/mol. The Balaban J connectivity index is 1.81. The summed E-state index contributed by atoms with van der Waals surface area (Å²) in [5, 5.41) is 8.64. The van der Waals surface area contributed by atoms with E-state index in [1.165, 1.54) is 5.69 Å². The predicted octanol–water partition coefficient (Wildman–Crippen LogP) is 2.55. The third-order valence-electron chi connectivity index (χ3n) is 3.06. The van der Waals surface area contributed by atoms with Gasteiger partial charge in [0, 0.05) is 18.3 Å². The molecule has 0 bridgehead atoms. The van der Waals surface area contributed by atoms with Crippen LogP contribution in [0.2, 0.25) is 0 Å². The Morgan fingerprint density at radius 3 is 2.43 bits per heavy atom. The van der Waals surface area contributed by atoms with E-state index in [9.17, 15) is 0 Å². The molecule has 0 heterocycles. The van der Waals surface area contributed by atoms with Crippen molar-refractivity contribution in [1.82, 2.24) is 0 Å². The highest BCUT2D eigenvalue weighted by atomic mass is 16.5. The van der Waals surface area contributed by atoms with Gasteiger partial charge in [0.1, 0.15) is 19.0 Å². The van der Waals surface area contributed by atoms with Gasteiger partial charge in [0.05, 0.1) is 6.54 Å². The minimum atomic E-state index is -0.121. The van der Waals surface area contributed by atoms with Crippen molar-refractivity contribution in [2.24, 2.45) is 0 Å². The number of anilines is 1. The Morgan fingerprint density at radius 2 is 1.76 bits per heavy atom. The fourth-order valence-corrected chi connectivity index (χ4v) is 1.89. The fourth-order valence-electron chi connectivity index (χ4n) is 1.89. The zero-order chi connectivity index (χ0) is 14.9. The summed E-state index contributed by atoms with van der Waals surface area (Å²) in [5.41, 5.74) is 2.05. The molecule has 108 valence electrons. The summed E-state index contributed by atoms with van der Waals surface area (Å²) in [7, 11) is 2.05. The first-order valence-electron chi connectivity index (χ1n) is 6.88. The minimum absolute atomic E-state index is 0.121. The van der Waals surface area contributed by atoms with Gasteiger partial charge in [0.25, 0.3) is 0 Å². The molecule has 0 aliphatic heterocycles. The second kappa shape index (κ2) is 7.98. The molecule has 0 aromatic heterocycles. The number of rotatable bonds is 5. The summed E-state index contributed by atoms with van der Waals surface area (Å²) in [5.74, 6) is 6.30. The van der Waals surface area contributed by atoms with Gasteiger partial charge in [-0.15, -0.1) is 0 Å². The molecule has 0 aliphatic carbocycles. The van der Waals surface area contributed by atoms with E-state index in [2.05, 4.69) is 28.9 Å². The molecule has 0 spiro atoms. The lowest BCUT2D eigenvalue weighted by Gasteiger charge is -2.19. The van der Waals surface area contributed by atoms with Crippen LogP contribution < -0.4 is 9.64 Å². The smallest absolute Gasteiger partial charge is 0.119 e. The second-order valence-corrected chi connectivity index (χ2v) is 4.59. The molecule has 0 unspecified atom stereocenters. The molecule has 0 fully saturated rings. The van der Waals surface area contributed by atoms with Crippen LogP contribution in [0.25, 0.3) is 0 Å². The Labute approximate surface area is 125 Å². The van der Waals surface area contributed by atoms with E-state index >= 15 is 0 Å². The van der Waals surface area contributed by atoms with Crippen molar-refractivity contribution in [2.45, 2.75) is 0 Å². The van der Waals surface area contributed by atoms with Crippen LogP contribution in [-0.2, 0) is 0 Å². The highest BCUT2D eigenvalue weighted by molar-refractivity contribution is 5.45. The van der Waals surface area contributed by atoms with Crippen LogP contribution >= 0.6 is 0 Å².